The van der Waals surface area contributed by atoms with Crippen molar-refractivity contribution < 1.29 is 0 Å². The molecule has 0 aliphatic carbocycles. The second-order valence-corrected chi connectivity index (χ2v) is 3.85. The fraction of sp³-hybridized carbons (Fsp3) is 0.333. The summed E-state index contributed by atoms with van der Waals surface area (Å²) in [6.07, 6.45) is 2.39. The van der Waals surface area contributed by atoms with E-state index in [0.717, 1.165) is 17.5 Å². The number of hydrogen-bond donors (Lipinski definition) is 1. The minimum Gasteiger partial charge on any atom is -0.330 e. The van der Waals surface area contributed by atoms with Gasteiger partial charge < -0.3 is 5.73 Å². The average Bonchev–Trinajstić information content (AvgIpc) is 2.28. The summed E-state index contributed by atoms with van der Waals surface area (Å²) in [7, 11) is 0. The highest BCUT2D eigenvalue weighted by atomic mass is 16.1. The van der Waals surface area contributed by atoms with E-state index in [1.54, 1.807) is 10.9 Å². The van der Waals surface area contributed by atoms with Gasteiger partial charge in [0.1, 0.15) is 0 Å². The first kappa shape index (κ1) is 10.8. The van der Waals surface area contributed by atoms with Crippen molar-refractivity contribution in [3.63, 3.8) is 0 Å². The molecule has 0 saturated heterocycles. The van der Waals surface area contributed by atoms with E-state index in [9.17, 15) is 4.79 Å². The summed E-state index contributed by atoms with van der Waals surface area (Å²) in [6.45, 7) is 3.14. The molecule has 0 amide bonds. The van der Waals surface area contributed by atoms with Crippen LogP contribution < -0.4 is 11.3 Å². The number of benzene rings is 1. The zero-order valence-electron chi connectivity index (χ0n) is 9.31. The van der Waals surface area contributed by atoms with Crippen LogP contribution >= 0.6 is 0 Å². The fourth-order valence-corrected chi connectivity index (χ4v) is 1.79. The number of nitrogens with zero attached hydrogens (tertiary/aromatic N) is 2. The highest BCUT2D eigenvalue weighted by Crippen LogP contribution is 2.10. The second kappa shape index (κ2) is 4.45. The van der Waals surface area contributed by atoms with Gasteiger partial charge in [0.25, 0.3) is 5.56 Å². The van der Waals surface area contributed by atoms with E-state index in [-0.39, 0.29) is 5.56 Å². The molecule has 0 bridgehead atoms. The highest BCUT2D eigenvalue weighted by Gasteiger charge is 2.05. The van der Waals surface area contributed by atoms with Crippen LogP contribution in [0.15, 0.2) is 29.3 Å². The molecule has 0 atom stereocenters. The molecule has 2 rings (SSSR count). The predicted molar refractivity (Wildman–Crippen MR) is 64.4 cm³/mol. The van der Waals surface area contributed by atoms with Crippen LogP contribution in [0.25, 0.3) is 10.9 Å². The molecule has 0 fully saturated rings. The third-order valence-electron chi connectivity index (χ3n) is 2.66. The molecule has 0 aliphatic rings. The fourth-order valence-electron chi connectivity index (χ4n) is 1.79. The van der Waals surface area contributed by atoms with Crippen LogP contribution in [0.3, 0.4) is 0 Å². The molecule has 16 heavy (non-hydrogen) atoms. The summed E-state index contributed by atoms with van der Waals surface area (Å²) < 4.78 is 1.63. The van der Waals surface area contributed by atoms with Gasteiger partial charge >= 0.3 is 0 Å². The standard InChI is InChI=1S/C12H15N3O/c1-9-4-2-5-10-11(9)12(16)15(8-14-10)7-3-6-13/h2,4-5,8H,3,6-7,13H2,1H3. The molecular weight excluding hydrogens is 202 g/mol. The molecule has 0 radical (unpaired) electrons. The first-order chi connectivity index (χ1) is 7.74. The van der Waals surface area contributed by atoms with Crippen LogP contribution in [-0.4, -0.2) is 16.1 Å². The molecule has 2 N–H and O–H groups in total. The lowest BCUT2D eigenvalue weighted by molar-refractivity contribution is 0.624. The smallest absolute Gasteiger partial charge is 0.261 e. The average molecular weight is 217 g/mol. The molecule has 0 spiro atoms. The Bertz CT molecular complexity index is 560. The van der Waals surface area contributed by atoms with Gasteiger partial charge in [-0.1, -0.05) is 12.1 Å². The SMILES string of the molecule is Cc1cccc2ncn(CCCN)c(=O)c12. The lowest BCUT2D eigenvalue weighted by Crippen LogP contribution is -2.22. The van der Waals surface area contributed by atoms with E-state index in [1.165, 1.54) is 0 Å². The molecule has 0 aliphatic heterocycles. The van der Waals surface area contributed by atoms with Gasteiger partial charge in [0, 0.05) is 6.54 Å². The Balaban J connectivity index is 2.60. The van der Waals surface area contributed by atoms with Crippen molar-refractivity contribution in [2.45, 2.75) is 19.9 Å². The van der Waals surface area contributed by atoms with Gasteiger partial charge in [0.05, 0.1) is 17.2 Å². The Morgan fingerprint density at radius 1 is 1.44 bits per heavy atom. The number of rotatable bonds is 3. The molecule has 2 aromatic rings. The summed E-state index contributed by atoms with van der Waals surface area (Å²) in [6, 6.07) is 5.70. The molecular formula is C12H15N3O. The maximum absolute atomic E-state index is 12.1. The molecule has 0 unspecified atom stereocenters. The normalized spacial score (nSPS) is 10.9. The molecule has 4 nitrogen and oxygen atoms in total. The minimum atomic E-state index is 0.0246. The monoisotopic (exact) mass is 217 g/mol. The van der Waals surface area contributed by atoms with E-state index < -0.39 is 0 Å². The van der Waals surface area contributed by atoms with Gasteiger partial charge in [-0.3, -0.25) is 9.36 Å². The maximum Gasteiger partial charge on any atom is 0.261 e. The Kier molecular flexibility index (Phi) is 3.01. The van der Waals surface area contributed by atoms with E-state index >= 15 is 0 Å². The Morgan fingerprint density at radius 2 is 2.25 bits per heavy atom. The van der Waals surface area contributed by atoms with Crippen molar-refractivity contribution in [1.82, 2.24) is 9.55 Å². The lowest BCUT2D eigenvalue weighted by Gasteiger charge is -2.06. The van der Waals surface area contributed by atoms with Crippen LogP contribution in [0.1, 0.15) is 12.0 Å². The van der Waals surface area contributed by atoms with Crippen molar-refractivity contribution >= 4 is 10.9 Å². The molecule has 1 heterocycles. The van der Waals surface area contributed by atoms with Gasteiger partial charge in [-0.2, -0.15) is 0 Å². The van der Waals surface area contributed by atoms with Crippen molar-refractivity contribution in [2.24, 2.45) is 5.73 Å². The second-order valence-electron chi connectivity index (χ2n) is 3.85. The topological polar surface area (TPSA) is 60.9 Å². The first-order valence-electron chi connectivity index (χ1n) is 5.39. The van der Waals surface area contributed by atoms with Crippen molar-refractivity contribution in [2.75, 3.05) is 6.54 Å². The highest BCUT2D eigenvalue weighted by molar-refractivity contribution is 5.80. The molecule has 0 saturated carbocycles. The van der Waals surface area contributed by atoms with E-state index in [1.807, 2.05) is 25.1 Å². The zero-order chi connectivity index (χ0) is 11.5. The first-order valence-corrected chi connectivity index (χ1v) is 5.39. The van der Waals surface area contributed by atoms with Crippen LogP contribution in [0.5, 0.6) is 0 Å². The summed E-state index contributed by atoms with van der Waals surface area (Å²) in [4.78, 5) is 16.4. The molecule has 1 aromatic heterocycles. The lowest BCUT2D eigenvalue weighted by atomic mass is 10.1. The summed E-state index contributed by atoms with van der Waals surface area (Å²) >= 11 is 0. The van der Waals surface area contributed by atoms with Gasteiger partial charge in [0.2, 0.25) is 0 Å². The Morgan fingerprint density at radius 3 is 3.00 bits per heavy atom. The quantitative estimate of drug-likeness (QED) is 0.836. The molecule has 1 aromatic carbocycles. The predicted octanol–water partition coefficient (Wildman–Crippen LogP) is 1.05. The van der Waals surface area contributed by atoms with Crippen LogP contribution in [0.2, 0.25) is 0 Å². The Hall–Kier alpha value is -1.68. The van der Waals surface area contributed by atoms with E-state index in [2.05, 4.69) is 4.98 Å². The van der Waals surface area contributed by atoms with Gasteiger partial charge in [-0.15, -0.1) is 0 Å². The third-order valence-corrected chi connectivity index (χ3v) is 2.66. The summed E-state index contributed by atoms with van der Waals surface area (Å²) in [5.41, 5.74) is 7.19. The number of hydrogen-bond acceptors (Lipinski definition) is 3. The third kappa shape index (κ3) is 1.84. The number of nitrogens with two attached hydrogens (primary N) is 1. The van der Waals surface area contributed by atoms with Crippen molar-refractivity contribution in [3.8, 4) is 0 Å². The summed E-state index contributed by atoms with van der Waals surface area (Å²) in [5.74, 6) is 0. The molecule has 4 heteroatoms. The largest absolute Gasteiger partial charge is 0.330 e. The van der Waals surface area contributed by atoms with Gasteiger partial charge in [-0.25, -0.2) is 4.98 Å². The number of aryl methyl sites for hydroxylation is 2. The van der Waals surface area contributed by atoms with Crippen LogP contribution in [-0.2, 0) is 6.54 Å². The molecule has 84 valence electrons. The summed E-state index contributed by atoms with van der Waals surface area (Å²) in [5, 5.41) is 0.710. The number of fused-ring (bicyclic) bond motifs is 1. The van der Waals surface area contributed by atoms with Gasteiger partial charge in [-0.05, 0) is 31.5 Å². The maximum atomic E-state index is 12.1. The number of aromatic nitrogens is 2. The van der Waals surface area contributed by atoms with Crippen LogP contribution in [0, 0.1) is 6.92 Å². The van der Waals surface area contributed by atoms with Crippen molar-refractivity contribution in [3.05, 3.63) is 40.4 Å². The van der Waals surface area contributed by atoms with Gasteiger partial charge in [0.15, 0.2) is 0 Å². The van der Waals surface area contributed by atoms with E-state index in [0.29, 0.717) is 18.5 Å². The minimum absolute atomic E-state index is 0.0246. The Labute approximate surface area is 93.7 Å². The van der Waals surface area contributed by atoms with E-state index in [4.69, 9.17) is 5.73 Å². The zero-order valence-corrected chi connectivity index (χ0v) is 9.31. The van der Waals surface area contributed by atoms with Crippen molar-refractivity contribution in [1.29, 1.82) is 0 Å². The van der Waals surface area contributed by atoms with Crippen LogP contribution in [0.4, 0.5) is 0 Å².